The van der Waals surface area contributed by atoms with Crippen LogP contribution in [0.15, 0.2) is 24.3 Å². The van der Waals surface area contributed by atoms with E-state index < -0.39 is 0 Å². The molecule has 0 aromatic heterocycles. The molecule has 0 spiro atoms. The molecule has 2 fully saturated rings. The molecule has 0 amide bonds. The average molecular weight is 258 g/mol. The molecule has 0 radical (unpaired) electrons. The zero-order chi connectivity index (χ0) is 13.8. The Morgan fingerprint density at radius 2 is 1.58 bits per heavy atom. The van der Waals surface area contributed by atoms with E-state index in [0.717, 1.165) is 5.92 Å². The third kappa shape index (κ3) is 2.13. The standard InChI is InChI=1S/C16H23BO2/c1-11-10-13(11)12-8-6-7-9-14(12)17-18-15(2,3)16(4,5)19-17/h6-9,11,13H,10H2,1-5H3/t11-,13-/m1/s1. The molecule has 0 N–H and O–H groups in total. The van der Waals surface area contributed by atoms with Gasteiger partial charge in [-0.25, -0.2) is 0 Å². The summed E-state index contributed by atoms with van der Waals surface area (Å²) in [5, 5.41) is 0. The Kier molecular flexibility index (Phi) is 2.85. The fourth-order valence-electron chi connectivity index (χ4n) is 2.79. The third-order valence-electron chi connectivity index (χ3n) is 5.01. The second-order valence-electron chi connectivity index (χ2n) is 7.04. The Morgan fingerprint density at radius 3 is 2.11 bits per heavy atom. The average Bonchev–Trinajstić information content (AvgIpc) is 2.99. The van der Waals surface area contributed by atoms with Crippen molar-refractivity contribution >= 4 is 12.6 Å². The Balaban J connectivity index is 1.92. The van der Waals surface area contributed by atoms with Crippen molar-refractivity contribution in [1.82, 2.24) is 0 Å². The van der Waals surface area contributed by atoms with Crippen LogP contribution in [-0.2, 0) is 9.31 Å². The first-order chi connectivity index (χ1) is 8.82. The van der Waals surface area contributed by atoms with Crippen LogP contribution in [0.25, 0.3) is 0 Å². The van der Waals surface area contributed by atoms with Gasteiger partial charge < -0.3 is 9.31 Å². The zero-order valence-corrected chi connectivity index (χ0v) is 12.6. The molecule has 1 heterocycles. The molecule has 2 aliphatic rings. The van der Waals surface area contributed by atoms with Gasteiger partial charge in [0.15, 0.2) is 0 Å². The van der Waals surface area contributed by atoms with Crippen LogP contribution < -0.4 is 5.46 Å². The minimum absolute atomic E-state index is 0.228. The summed E-state index contributed by atoms with van der Waals surface area (Å²) < 4.78 is 12.4. The van der Waals surface area contributed by atoms with Crippen LogP contribution in [0.3, 0.4) is 0 Å². The van der Waals surface area contributed by atoms with Crippen molar-refractivity contribution in [3.05, 3.63) is 29.8 Å². The predicted octanol–water partition coefficient (Wildman–Crippen LogP) is 3.11. The molecule has 102 valence electrons. The molecule has 0 unspecified atom stereocenters. The number of benzene rings is 1. The SMILES string of the molecule is C[C@@H]1C[C@H]1c1ccccc1B1OC(C)(C)C(C)(C)O1. The number of hydrogen-bond donors (Lipinski definition) is 0. The lowest BCUT2D eigenvalue weighted by Gasteiger charge is -2.32. The molecule has 0 bridgehead atoms. The fraction of sp³-hybridized carbons (Fsp3) is 0.625. The largest absolute Gasteiger partial charge is 0.495 e. The van der Waals surface area contributed by atoms with Gasteiger partial charge in [0.05, 0.1) is 11.2 Å². The van der Waals surface area contributed by atoms with Gasteiger partial charge in [-0.3, -0.25) is 0 Å². The van der Waals surface area contributed by atoms with Crippen molar-refractivity contribution in [2.24, 2.45) is 5.92 Å². The van der Waals surface area contributed by atoms with Crippen molar-refractivity contribution in [2.75, 3.05) is 0 Å². The van der Waals surface area contributed by atoms with Crippen molar-refractivity contribution in [3.63, 3.8) is 0 Å². The summed E-state index contributed by atoms with van der Waals surface area (Å²) in [5.74, 6) is 1.48. The Hall–Kier alpha value is -0.795. The minimum atomic E-state index is -0.264. The highest BCUT2D eigenvalue weighted by Crippen LogP contribution is 2.47. The molecule has 1 saturated carbocycles. The van der Waals surface area contributed by atoms with Gasteiger partial charge in [-0.15, -0.1) is 0 Å². The molecule has 1 aromatic rings. The van der Waals surface area contributed by atoms with Crippen molar-refractivity contribution in [3.8, 4) is 0 Å². The Morgan fingerprint density at radius 1 is 1.05 bits per heavy atom. The Labute approximate surface area is 116 Å². The maximum atomic E-state index is 6.18. The lowest BCUT2D eigenvalue weighted by molar-refractivity contribution is 0.00578. The lowest BCUT2D eigenvalue weighted by atomic mass is 9.74. The first-order valence-electron chi connectivity index (χ1n) is 7.26. The third-order valence-corrected chi connectivity index (χ3v) is 5.01. The van der Waals surface area contributed by atoms with E-state index in [2.05, 4.69) is 58.9 Å². The molecule has 2 nitrogen and oxygen atoms in total. The summed E-state index contributed by atoms with van der Waals surface area (Å²) in [7, 11) is -0.228. The van der Waals surface area contributed by atoms with Crippen LogP contribution >= 0.6 is 0 Å². The first kappa shape index (κ1) is 13.2. The van der Waals surface area contributed by atoms with Crippen molar-refractivity contribution < 1.29 is 9.31 Å². The lowest BCUT2D eigenvalue weighted by Crippen LogP contribution is -2.41. The van der Waals surface area contributed by atoms with Gasteiger partial charge in [0, 0.05) is 0 Å². The van der Waals surface area contributed by atoms with Crippen LogP contribution in [0.5, 0.6) is 0 Å². The quantitative estimate of drug-likeness (QED) is 0.759. The topological polar surface area (TPSA) is 18.5 Å². The Bertz CT molecular complexity index is 479. The van der Waals surface area contributed by atoms with Crippen molar-refractivity contribution in [1.29, 1.82) is 0 Å². The maximum absolute atomic E-state index is 6.18. The fourth-order valence-corrected chi connectivity index (χ4v) is 2.79. The predicted molar refractivity (Wildman–Crippen MR) is 78.7 cm³/mol. The van der Waals surface area contributed by atoms with E-state index in [1.165, 1.54) is 17.4 Å². The molecule has 19 heavy (non-hydrogen) atoms. The van der Waals surface area contributed by atoms with E-state index in [4.69, 9.17) is 9.31 Å². The molecular formula is C16H23BO2. The van der Waals surface area contributed by atoms with Gasteiger partial charge >= 0.3 is 7.12 Å². The molecule has 3 heteroatoms. The van der Waals surface area contributed by atoms with Gasteiger partial charge in [-0.05, 0) is 57.0 Å². The molecular weight excluding hydrogens is 235 g/mol. The highest BCUT2D eigenvalue weighted by atomic mass is 16.7. The van der Waals surface area contributed by atoms with E-state index in [1.54, 1.807) is 0 Å². The van der Waals surface area contributed by atoms with E-state index in [-0.39, 0.29) is 18.3 Å². The summed E-state index contributed by atoms with van der Waals surface area (Å²) in [6.45, 7) is 10.7. The van der Waals surface area contributed by atoms with Gasteiger partial charge in [-0.2, -0.15) is 0 Å². The van der Waals surface area contributed by atoms with E-state index >= 15 is 0 Å². The summed E-state index contributed by atoms with van der Waals surface area (Å²) >= 11 is 0. The maximum Gasteiger partial charge on any atom is 0.495 e. The van der Waals surface area contributed by atoms with Gasteiger partial charge in [0.25, 0.3) is 0 Å². The van der Waals surface area contributed by atoms with Crippen LogP contribution in [0, 0.1) is 5.92 Å². The molecule has 1 aromatic carbocycles. The minimum Gasteiger partial charge on any atom is -0.399 e. The monoisotopic (exact) mass is 258 g/mol. The second-order valence-corrected chi connectivity index (χ2v) is 7.04. The molecule has 1 saturated heterocycles. The van der Waals surface area contributed by atoms with Gasteiger partial charge in [0.2, 0.25) is 0 Å². The highest BCUT2D eigenvalue weighted by molar-refractivity contribution is 6.62. The summed E-state index contributed by atoms with van der Waals surface area (Å²) in [6.07, 6.45) is 1.29. The van der Waals surface area contributed by atoms with Crippen LogP contribution in [0.4, 0.5) is 0 Å². The van der Waals surface area contributed by atoms with E-state index in [0.29, 0.717) is 5.92 Å². The molecule has 3 rings (SSSR count). The van der Waals surface area contributed by atoms with Gasteiger partial charge in [-0.1, -0.05) is 31.2 Å². The van der Waals surface area contributed by atoms with E-state index in [1.807, 2.05) is 0 Å². The zero-order valence-electron chi connectivity index (χ0n) is 12.6. The summed E-state index contributed by atoms with van der Waals surface area (Å²) in [5.41, 5.74) is 2.10. The summed E-state index contributed by atoms with van der Waals surface area (Å²) in [6, 6.07) is 8.59. The number of hydrogen-bond acceptors (Lipinski definition) is 2. The summed E-state index contributed by atoms with van der Waals surface area (Å²) in [4.78, 5) is 0. The van der Waals surface area contributed by atoms with Crippen molar-refractivity contribution in [2.45, 2.75) is 58.2 Å². The smallest absolute Gasteiger partial charge is 0.399 e. The highest BCUT2D eigenvalue weighted by Gasteiger charge is 2.53. The first-order valence-corrected chi connectivity index (χ1v) is 7.26. The van der Waals surface area contributed by atoms with E-state index in [9.17, 15) is 0 Å². The normalized spacial score (nSPS) is 31.5. The van der Waals surface area contributed by atoms with Crippen LogP contribution in [0.2, 0.25) is 0 Å². The molecule has 2 atom stereocenters. The number of rotatable bonds is 2. The molecule has 1 aliphatic carbocycles. The van der Waals surface area contributed by atoms with Crippen LogP contribution in [0.1, 0.15) is 52.5 Å². The molecule has 1 aliphatic heterocycles. The van der Waals surface area contributed by atoms with Crippen LogP contribution in [-0.4, -0.2) is 18.3 Å². The second kappa shape index (κ2) is 4.10. The van der Waals surface area contributed by atoms with Gasteiger partial charge in [0.1, 0.15) is 0 Å².